The molecule has 0 amide bonds. The molecule has 0 bridgehead atoms. The zero-order valence-electron chi connectivity index (χ0n) is 6.62. The van der Waals surface area contributed by atoms with Crippen molar-refractivity contribution in [1.29, 1.82) is 0 Å². The van der Waals surface area contributed by atoms with Gasteiger partial charge in [-0.05, 0) is 30.7 Å². The molecule has 1 heterocycles. The van der Waals surface area contributed by atoms with Gasteiger partial charge in [-0.2, -0.15) is 4.39 Å². The van der Waals surface area contributed by atoms with Gasteiger partial charge in [-0.1, -0.05) is 0 Å². The van der Waals surface area contributed by atoms with Crippen LogP contribution in [0.4, 0.5) is 4.39 Å². The maximum absolute atomic E-state index is 12.8. The molecule has 0 saturated carbocycles. The van der Waals surface area contributed by atoms with E-state index in [4.69, 9.17) is 0 Å². The summed E-state index contributed by atoms with van der Waals surface area (Å²) in [6.45, 7) is 1.81. The van der Waals surface area contributed by atoms with E-state index in [9.17, 15) is 9.18 Å². The predicted octanol–water partition coefficient (Wildman–Crippen LogP) is 1.74. The fraction of sp³-hybridized carbons (Fsp3) is 0.111. The lowest BCUT2D eigenvalue weighted by Gasteiger charge is -1.95. The first-order valence-corrected chi connectivity index (χ1v) is 3.48. The van der Waals surface area contributed by atoms with Crippen LogP contribution in [0.25, 0.3) is 6.08 Å². The molecule has 3 heteroatoms. The summed E-state index contributed by atoms with van der Waals surface area (Å²) < 4.78 is 12.8. The molecule has 12 heavy (non-hydrogen) atoms. The summed E-state index contributed by atoms with van der Waals surface area (Å²) in [5.41, 5.74) is 1.20. The summed E-state index contributed by atoms with van der Waals surface area (Å²) in [6, 6.07) is 1.63. The Kier molecular flexibility index (Phi) is 2.69. The Hall–Kier alpha value is -1.51. The van der Waals surface area contributed by atoms with Crippen molar-refractivity contribution in [2.45, 2.75) is 6.92 Å². The molecule has 1 rings (SSSR count). The van der Waals surface area contributed by atoms with E-state index in [2.05, 4.69) is 4.98 Å². The molecule has 1 aromatic heterocycles. The van der Waals surface area contributed by atoms with E-state index in [0.29, 0.717) is 11.8 Å². The normalized spacial score (nSPS) is 10.5. The Morgan fingerprint density at radius 3 is 3.00 bits per heavy atom. The minimum atomic E-state index is -0.557. The summed E-state index contributed by atoms with van der Waals surface area (Å²) in [5, 5.41) is 0. The van der Waals surface area contributed by atoms with Gasteiger partial charge >= 0.3 is 0 Å². The van der Waals surface area contributed by atoms with Crippen LogP contribution in [0.2, 0.25) is 0 Å². The standard InChI is InChI=1S/C9H8FNO/c1-7-5-8(3-2-4-12)9(10)11-6-7/h2-6H,1H3. The SMILES string of the molecule is Cc1cnc(F)c(C=CC=O)c1. The Morgan fingerprint density at radius 2 is 2.33 bits per heavy atom. The fourth-order valence-corrected chi connectivity index (χ4v) is 0.835. The first-order valence-electron chi connectivity index (χ1n) is 3.48. The van der Waals surface area contributed by atoms with Crippen molar-refractivity contribution in [3.8, 4) is 0 Å². The van der Waals surface area contributed by atoms with Crippen molar-refractivity contribution in [1.82, 2.24) is 4.98 Å². The number of allylic oxidation sites excluding steroid dienone is 1. The first kappa shape index (κ1) is 8.59. The number of rotatable bonds is 2. The van der Waals surface area contributed by atoms with Crippen LogP contribution in [0.3, 0.4) is 0 Å². The molecule has 2 nitrogen and oxygen atoms in total. The molecule has 0 aromatic carbocycles. The lowest BCUT2D eigenvalue weighted by atomic mass is 10.2. The van der Waals surface area contributed by atoms with Crippen LogP contribution in [0.15, 0.2) is 18.3 Å². The Balaban J connectivity index is 3.04. The molecule has 1 aromatic rings. The summed E-state index contributed by atoms with van der Waals surface area (Å²) in [4.78, 5) is 13.4. The average molecular weight is 165 g/mol. The predicted molar refractivity (Wildman–Crippen MR) is 44.0 cm³/mol. The second-order valence-electron chi connectivity index (χ2n) is 2.39. The van der Waals surface area contributed by atoms with Gasteiger partial charge in [-0.25, -0.2) is 4.98 Å². The fourth-order valence-electron chi connectivity index (χ4n) is 0.835. The highest BCUT2D eigenvalue weighted by molar-refractivity contribution is 5.73. The number of aryl methyl sites for hydroxylation is 1. The molecular weight excluding hydrogens is 157 g/mol. The van der Waals surface area contributed by atoms with Crippen molar-refractivity contribution >= 4 is 12.4 Å². The van der Waals surface area contributed by atoms with E-state index in [1.807, 2.05) is 6.92 Å². The van der Waals surface area contributed by atoms with Crippen molar-refractivity contribution < 1.29 is 9.18 Å². The van der Waals surface area contributed by atoms with Crippen molar-refractivity contribution in [3.63, 3.8) is 0 Å². The molecular formula is C9H8FNO. The lowest BCUT2D eigenvalue weighted by molar-refractivity contribution is -0.104. The van der Waals surface area contributed by atoms with Gasteiger partial charge in [0.15, 0.2) is 0 Å². The number of carbonyl (C=O) groups excluding carboxylic acids is 1. The molecule has 0 atom stereocenters. The van der Waals surface area contributed by atoms with Crippen LogP contribution in [0.5, 0.6) is 0 Å². The van der Waals surface area contributed by atoms with Crippen LogP contribution in [-0.4, -0.2) is 11.3 Å². The molecule has 0 radical (unpaired) electrons. The number of carbonyl (C=O) groups is 1. The summed E-state index contributed by atoms with van der Waals surface area (Å²) >= 11 is 0. The van der Waals surface area contributed by atoms with Gasteiger partial charge in [-0.15, -0.1) is 0 Å². The zero-order chi connectivity index (χ0) is 8.97. The molecule has 0 saturated heterocycles. The number of pyridine rings is 1. The quantitative estimate of drug-likeness (QED) is 0.379. The molecule has 0 aliphatic carbocycles. The third-order valence-electron chi connectivity index (χ3n) is 1.36. The molecule has 0 fully saturated rings. The zero-order valence-corrected chi connectivity index (χ0v) is 6.62. The molecule has 0 spiro atoms. The maximum atomic E-state index is 12.8. The molecule has 0 unspecified atom stereocenters. The van der Waals surface area contributed by atoms with Gasteiger partial charge < -0.3 is 0 Å². The minimum absolute atomic E-state index is 0.335. The largest absolute Gasteiger partial charge is 0.299 e. The highest BCUT2D eigenvalue weighted by Gasteiger charge is 1.98. The van der Waals surface area contributed by atoms with Gasteiger partial charge in [-0.3, -0.25) is 4.79 Å². The van der Waals surface area contributed by atoms with E-state index < -0.39 is 5.95 Å². The number of hydrogen-bond donors (Lipinski definition) is 0. The minimum Gasteiger partial charge on any atom is -0.299 e. The van der Waals surface area contributed by atoms with Crippen molar-refractivity contribution in [2.75, 3.05) is 0 Å². The number of hydrogen-bond acceptors (Lipinski definition) is 2. The van der Waals surface area contributed by atoms with Gasteiger partial charge in [0.25, 0.3) is 0 Å². The highest BCUT2D eigenvalue weighted by Crippen LogP contribution is 2.07. The van der Waals surface area contributed by atoms with Gasteiger partial charge in [0, 0.05) is 11.8 Å². The van der Waals surface area contributed by atoms with Crippen LogP contribution < -0.4 is 0 Å². The van der Waals surface area contributed by atoms with E-state index in [1.165, 1.54) is 18.3 Å². The van der Waals surface area contributed by atoms with Gasteiger partial charge in [0.1, 0.15) is 6.29 Å². The highest BCUT2D eigenvalue weighted by atomic mass is 19.1. The molecule has 0 aliphatic rings. The second-order valence-corrected chi connectivity index (χ2v) is 2.39. The van der Waals surface area contributed by atoms with Crippen molar-refractivity contribution in [3.05, 3.63) is 35.4 Å². The number of aromatic nitrogens is 1. The van der Waals surface area contributed by atoms with Gasteiger partial charge in [0.2, 0.25) is 5.95 Å². The molecule has 62 valence electrons. The maximum Gasteiger partial charge on any atom is 0.220 e. The van der Waals surface area contributed by atoms with E-state index >= 15 is 0 Å². The summed E-state index contributed by atoms with van der Waals surface area (Å²) in [7, 11) is 0. The average Bonchev–Trinajstić information content (AvgIpc) is 2.07. The summed E-state index contributed by atoms with van der Waals surface area (Å²) in [5.74, 6) is -0.557. The topological polar surface area (TPSA) is 30.0 Å². The van der Waals surface area contributed by atoms with Crippen molar-refractivity contribution in [2.24, 2.45) is 0 Å². The number of nitrogens with zero attached hydrogens (tertiary/aromatic N) is 1. The Morgan fingerprint density at radius 1 is 1.58 bits per heavy atom. The second kappa shape index (κ2) is 3.76. The van der Waals surface area contributed by atoms with Crippen LogP contribution in [0, 0.1) is 12.9 Å². The van der Waals surface area contributed by atoms with Crippen LogP contribution in [0.1, 0.15) is 11.1 Å². The third-order valence-corrected chi connectivity index (χ3v) is 1.36. The Labute approximate surface area is 69.7 Å². The van der Waals surface area contributed by atoms with Crippen LogP contribution in [-0.2, 0) is 4.79 Å². The first-order chi connectivity index (χ1) is 5.74. The van der Waals surface area contributed by atoms with E-state index in [-0.39, 0.29) is 0 Å². The monoisotopic (exact) mass is 165 g/mol. The van der Waals surface area contributed by atoms with E-state index in [0.717, 1.165) is 5.56 Å². The molecule has 0 aliphatic heterocycles. The third kappa shape index (κ3) is 1.99. The summed E-state index contributed by atoms with van der Waals surface area (Å²) in [6.07, 6.45) is 4.66. The number of halogens is 1. The van der Waals surface area contributed by atoms with Gasteiger partial charge in [0.05, 0.1) is 0 Å². The smallest absolute Gasteiger partial charge is 0.220 e. The van der Waals surface area contributed by atoms with E-state index in [1.54, 1.807) is 6.07 Å². The number of aldehydes is 1. The Bertz CT molecular complexity index is 320. The van der Waals surface area contributed by atoms with Crippen LogP contribution >= 0.6 is 0 Å². The molecule has 0 N–H and O–H groups in total. The lowest BCUT2D eigenvalue weighted by Crippen LogP contribution is -1.88.